The van der Waals surface area contributed by atoms with Crippen LogP contribution >= 0.6 is 0 Å². The highest BCUT2D eigenvalue weighted by Gasteiger charge is 2.27. The molecule has 0 aliphatic heterocycles. The number of nitrogens with zero attached hydrogens (tertiary/aromatic N) is 2. The van der Waals surface area contributed by atoms with Gasteiger partial charge in [0.1, 0.15) is 17.3 Å². The van der Waals surface area contributed by atoms with Crippen LogP contribution in [0.5, 0.6) is 0 Å². The molecule has 0 amide bonds. The van der Waals surface area contributed by atoms with E-state index in [2.05, 4.69) is 15.2 Å². The number of benzene rings is 2. The summed E-state index contributed by atoms with van der Waals surface area (Å²) < 4.78 is 18.8. The molecule has 2 N–H and O–H groups in total. The number of carboxylic acid groups (broad SMARTS) is 1. The Balaban J connectivity index is 1.80. The van der Waals surface area contributed by atoms with E-state index in [9.17, 15) is 19.1 Å². The summed E-state index contributed by atoms with van der Waals surface area (Å²) in [5.74, 6) is -2.53. The summed E-state index contributed by atoms with van der Waals surface area (Å²) in [7, 11) is 0. The SMILES string of the molecule is O=C(O)C(Cc1nc2cc(F)ccc2o1)c1n[nH]c(=O)c2ccccc12. The van der Waals surface area contributed by atoms with E-state index in [0.717, 1.165) is 0 Å². The maximum Gasteiger partial charge on any atom is 0.313 e. The smallest absolute Gasteiger partial charge is 0.313 e. The number of rotatable bonds is 4. The fraction of sp³-hybridized carbons (Fsp3) is 0.111. The summed E-state index contributed by atoms with van der Waals surface area (Å²) in [5, 5.41) is 16.7. The van der Waals surface area contributed by atoms with Crippen LogP contribution in [0.15, 0.2) is 51.7 Å². The van der Waals surface area contributed by atoms with Gasteiger partial charge in [-0.3, -0.25) is 9.59 Å². The third kappa shape index (κ3) is 2.71. The number of aromatic amines is 1. The van der Waals surface area contributed by atoms with Crippen molar-refractivity contribution in [1.82, 2.24) is 15.2 Å². The van der Waals surface area contributed by atoms with Gasteiger partial charge in [-0.15, -0.1) is 0 Å². The Morgan fingerprint density at radius 2 is 2.00 bits per heavy atom. The van der Waals surface area contributed by atoms with Crippen LogP contribution in [0, 0.1) is 5.82 Å². The topological polar surface area (TPSA) is 109 Å². The van der Waals surface area contributed by atoms with E-state index < -0.39 is 23.3 Å². The third-order valence-electron chi connectivity index (χ3n) is 4.13. The Bertz CT molecular complexity index is 1200. The fourth-order valence-corrected chi connectivity index (χ4v) is 2.91. The number of carbonyl (C=O) groups is 1. The van der Waals surface area contributed by atoms with Crippen LogP contribution in [0.25, 0.3) is 21.9 Å². The molecule has 8 heteroatoms. The highest BCUT2D eigenvalue weighted by molar-refractivity contribution is 5.88. The number of fused-ring (bicyclic) bond motifs is 2. The van der Waals surface area contributed by atoms with Crippen molar-refractivity contribution in [2.24, 2.45) is 0 Å². The van der Waals surface area contributed by atoms with E-state index in [0.29, 0.717) is 21.9 Å². The second-order valence-electron chi connectivity index (χ2n) is 5.80. The molecule has 2 heterocycles. The van der Waals surface area contributed by atoms with Crippen molar-refractivity contribution in [2.45, 2.75) is 12.3 Å². The fourth-order valence-electron chi connectivity index (χ4n) is 2.91. The van der Waals surface area contributed by atoms with Crippen LogP contribution in [0.2, 0.25) is 0 Å². The largest absolute Gasteiger partial charge is 0.481 e. The summed E-state index contributed by atoms with van der Waals surface area (Å²) in [6.07, 6.45) is -0.0886. The minimum Gasteiger partial charge on any atom is -0.481 e. The number of halogens is 1. The van der Waals surface area contributed by atoms with Crippen molar-refractivity contribution in [3.63, 3.8) is 0 Å². The number of aliphatic carboxylic acids is 1. The molecule has 0 fully saturated rings. The maximum atomic E-state index is 13.3. The quantitative estimate of drug-likeness (QED) is 0.584. The monoisotopic (exact) mass is 353 g/mol. The molecule has 4 rings (SSSR count). The lowest BCUT2D eigenvalue weighted by Crippen LogP contribution is -2.20. The zero-order valence-corrected chi connectivity index (χ0v) is 13.3. The molecular weight excluding hydrogens is 341 g/mol. The molecule has 0 aliphatic carbocycles. The summed E-state index contributed by atoms with van der Waals surface area (Å²) in [5.41, 5.74) is 0.486. The van der Waals surface area contributed by atoms with Gasteiger partial charge in [0.25, 0.3) is 5.56 Å². The van der Waals surface area contributed by atoms with Gasteiger partial charge in [0.05, 0.1) is 11.1 Å². The van der Waals surface area contributed by atoms with Gasteiger partial charge in [-0.2, -0.15) is 5.10 Å². The van der Waals surface area contributed by atoms with E-state index in [4.69, 9.17) is 4.42 Å². The van der Waals surface area contributed by atoms with E-state index in [-0.39, 0.29) is 18.0 Å². The Hall–Kier alpha value is -3.55. The molecule has 2 aromatic heterocycles. The van der Waals surface area contributed by atoms with Gasteiger partial charge in [0.2, 0.25) is 0 Å². The van der Waals surface area contributed by atoms with Crippen molar-refractivity contribution in [3.05, 3.63) is 70.2 Å². The van der Waals surface area contributed by atoms with Gasteiger partial charge in [-0.25, -0.2) is 14.5 Å². The predicted octanol–water partition coefficient (Wildman–Crippen LogP) is 2.61. The lowest BCUT2D eigenvalue weighted by molar-refractivity contribution is -0.139. The normalized spacial score (nSPS) is 12.5. The molecule has 26 heavy (non-hydrogen) atoms. The number of hydrogen-bond acceptors (Lipinski definition) is 5. The van der Waals surface area contributed by atoms with Crippen molar-refractivity contribution < 1.29 is 18.7 Å². The average molecular weight is 353 g/mol. The molecule has 1 atom stereocenters. The number of oxazole rings is 1. The predicted molar refractivity (Wildman–Crippen MR) is 90.4 cm³/mol. The van der Waals surface area contributed by atoms with Crippen LogP contribution in [-0.2, 0) is 11.2 Å². The molecule has 7 nitrogen and oxygen atoms in total. The van der Waals surface area contributed by atoms with Crippen molar-refractivity contribution in [3.8, 4) is 0 Å². The first-order chi connectivity index (χ1) is 12.5. The number of carboxylic acids is 1. The Morgan fingerprint density at radius 1 is 1.23 bits per heavy atom. The molecule has 0 saturated heterocycles. The van der Waals surface area contributed by atoms with Gasteiger partial charge in [-0.05, 0) is 18.2 Å². The number of aromatic nitrogens is 3. The van der Waals surface area contributed by atoms with Crippen LogP contribution < -0.4 is 5.56 Å². The Labute approximate surface area is 145 Å². The summed E-state index contributed by atoms with van der Waals surface area (Å²) in [4.78, 5) is 27.9. The third-order valence-corrected chi connectivity index (χ3v) is 4.13. The first-order valence-corrected chi connectivity index (χ1v) is 7.78. The van der Waals surface area contributed by atoms with E-state index in [1.54, 1.807) is 24.3 Å². The summed E-state index contributed by atoms with van der Waals surface area (Å²) >= 11 is 0. The molecule has 2 aromatic carbocycles. The van der Waals surface area contributed by atoms with E-state index >= 15 is 0 Å². The maximum absolute atomic E-state index is 13.3. The molecule has 0 spiro atoms. The van der Waals surface area contributed by atoms with Gasteiger partial charge in [0, 0.05) is 17.9 Å². The van der Waals surface area contributed by atoms with E-state index in [1.165, 1.54) is 18.2 Å². The van der Waals surface area contributed by atoms with Crippen LogP contribution in [0.1, 0.15) is 17.5 Å². The van der Waals surface area contributed by atoms with Crippen LogP contribution in [0.4, 0.5) is 4.39 Å². The zero-order valence-electron chi connectivity index (χ0n) is 13.3. The Morgan fingerprint density at radius 3 is 2.77 bits per heavy atom. The summed E-state index contributed by atoms with van der Waals surface area (Å²) in [6.45, 7) is 0. The van der Waals surface area contributed by atoms with Gasteiger partial charge in [-0.1, -0.05) is 18.2 Å². The molecule has 0 radical (unpaired) electrons. The molecule has 4 aromatic rings. The van der Waals surface area contributed by atoms with Crippen molar-refractivity contribution in [1.29, 1.82) is 0 Å². The minimum atomic E-state index is -1.14. The Kier molecular flexibility index (Phi) is 3.72. The number of nitrogens with one attached hydrogen (secondary N) is 1. The van der Waals surface area contributed by atoms with Gasteiger partial charge >= 0.3 is 5.97 Å². The zero-order chi connectivity index (χ0) is 18.3. The minimum absolute atomic E-state index is 0.0886. The lowest BCUT2D eigenvalue weighted by atomic mass is 9.97. The molecule has 0 saturated carbocycles. The van der Waals surface area contributed by atoms with Crippen LogP contribution in [0.3, 0.4) is 0 Å². The van der Waals surface area contributed by atoms with Crippen molar-refractivity contribution in [2.75, 3.05) is 0 Å². The number of hydrogen-bond donors (Lipinski definition) is 2. The molecule has 130 valence electrons. The lowest BCUT2D eigenvalue weighted by Gasteiger charge is -2.11. The highest BCUT2D eigenvalue weighted by Crippen LogP contribution is 2.26. The second-order valence-corrected chi connectivity index (χ2v) is 5.80. The van der Waals surface area contributed by atoms with Crippen molar-refractivity contribution >= 4 is 27.8 Å². The van der Waals surface area contributed by atoms with E-state index in [1.807, 2.05) is 0 Å². The standard InChI is InChI=1S/C18H12FN3O4/c19-9-5-6-14-13(7-9)20-15(26-14)8-12(18(24)25)16-10-3-1-2-4-11(10)17(23)22-21-16/h1-7,12H,8H2,(H,22,23)(H,24,25). The highest BCUT2D eigenvalue weighted by atomic mass is 19.1. The molecule has 1 unspecified atom stereocenters. The first-order valence-electron chi connectivity index (χ1n) is 7.78. The van der Waals surface area contributed by atoms with Gasteiger partial charge in [0.15, 0.2) is 11.5 Å². The summed E-state index contributed by atoms with van der Waals surface area (Å²) in [6, 6.07) is 10.5. The molecule has 0 aliphatic rings. The molecular formula is C18H12FN3O4. The molecule has 0 bridgehead atoms. The van der Waals surface area contributed by atoms with Gasteiger partial charge < -0.3 is 9.52 Å². The second kappa shape index (κ2) is 6.07. The van der Waals surface area contributed by atoms with Crippen LogP contribution in [-0.4, -0.2) is 26.3 Å². The number of H-pyrrole nitrogens is 1. The first kappa shape index (κ1) is 15.9. The average Bonchev–Trinajstić information content (AvgIpc) is 3.02.